The minimum absolute atomic E-state index is 0.670. The van der Waals surface area contributed by atoms with Gasteiger partial charge in [0.05, 0.1) is 5.52 Å². The molecule has 28 heavy (non-hydrogen) atoms. The summed E-state index contributed by atoms with van der Waals surface area (Å²) in [5.41, 5.74) is 1.13. The first-order valence-corrected chi connectivity index (χ1v) is 11.7. The van der Waals surface area contributed by atoms with Gasteiger partial charge >= 0.3 is 0 Å². The molecule has 4 aliphatic rings. The van der Waals surface area contributed by atoms with Crippen LogP contribution in [0, 0.1) is 11.8 Å². The summed E-state index contributed by atoms with van der Waals surface area (Å²) >= 11 is 0. The van der Waals surface area contributed by atoms with Crippen LogP contribution in [-0.2, 0) is 0 Å². The first-order chi connectivity index (χ1) is 13.9. The topological polar surface area (TPSA) is 32.3 Å². The quantitative estimate of drug-likeness (QED) is 0.724. The largest absolute Gasteiger partial charge is 0.353 e. The molecule has 2 saturated heterocycles. The van der Waals surface area contributed by atoms with Gasteiger partial charge in [0.25, 0.3) is 0 Å². The Morgan fingerprint density at radius 2 is 1.32 bits per heavy atom. The third kappa shape index (κ3) is 2.71. The second-order valence-electron chi connectivity index (χ2n) is 9.55. The van der Waals surface area contributed by atoms with Crippen LogP contribution in [0.25, 0.3) is 10.9 Å². The number of fused-ring (bicyclic) bond motifs is 3. The van der Waals surface area contributed by atoms with Gasteiger partial charge < -0.3 is 9.80 Å². The lowest BCUT2D eigenvalue weighted by atomic mass is 9.85. The minimum atomic E-state index is 0.670. The van der Waals surface area contributed by atoms with E-state index in [1.807, 2.05) is 0 Å². The smallest absolute Gasteiger partial charge is 0.228 e. The van der Waals surface area contributed by atoms with E-state index in [0.29, 0.717) is 12.1 Å². The lowest BCUT2D eigenvalue weighted by Gasteiger charge is -2.35. The molecule has 0 bridgehead atoms. The van der Waals surface area contributed by atoms with Crippen molar-refractivity contribution in [1.29, 1.82) is 0 Å². The highest BCUT2D eigenvalue weighted by molar-refractivity contribution is 5.91. The Hall–Kier alpha value is -1.84. The van der Waals surface area contributed by atoms with E-state index in [1.165, 1.54) is 82.0 Å². The number of para-hydroxylation sites is 1. The van der Waals surface area contributed by atoms with Gasteiger partial charge in [0.2, 0.25) is 5.95 Å². The van der Waals surface area contributed by atoms with E-state index in [9.17, 15) is 0 Å². The lowest BCUT2D eigenvalue weighted by Crippen LogP contribution is -2.38. The van der Waals surface area contributed by atoms with Crippen molar-refractivity contribution in [2.75, 3.05) is 22.9 Å². The van der Waals surface area contributed by atoms with Crippen molar-refractivity contribution in [3.8, 4) is 0 Å². The van der Waals surface area contributed by atoms with Crippen molar-refractivity contribution in [2.24, 2.45) is 11.8 Å². The minimum Gasteiger partial charge on any atom is -0.353 e. The molecule has 6 rings (SSSR count). The zero-order chi connectivity index (χ0) is 18.5. The van der Waals surface area contributed by atoms with Crippen LogP contribution in [-0.4, -0.2) is 35.1 Å². The zero-order valence-electron chi connectivity index (χ0n) is 16.9. The molecule has 4 heteroatoms. The number of hydrogen-bond donors (Lipinski definition) is 0. The molecule has 1 aromatic carbocycles. The maximum Gasteiger partial charge on any atom is 0.228 e. The van der Waals surface area contributed by atoms with Crippen LogP contribution in [0.15, 0.2) is 24.3 Å². The zero-order valence-corrected chi connectivity index (χ0v) is 16.9. The third-order valence-corrected chi connectivity index (χ3v) is 8.12. The summed E-state index contributed by atoms with van der Waals surface area (Å²) in [4.78, 5) is 15.6. The molecule has 0 amide bonds. The second kappa shape index (κ2) is 6.89. The van der Waals surface area contributed by atoms with Crippen LogP contribution in [0.3, 0.4) is 0 Å². The van der Waals surface area contributed by atoms with Crippen molar-refractivity contribution >= 4 is 22.7 Å². The molecule has 1 aromatic heterocycles. The van der Waals surface area contributed by atoms with Gasteiger partial charge in [-0.05, 0) is 62.5 Å². The summed E-state index contributed by atoms with van der Waals surface area (Å²) in [6.45, 7) is 2.31. The molecule has 3 heterocycles. The van der Waals surface area contributed by atoms with Gasteiger partial charge in [-0.3, -0.25) is 0 Å². The van der Waals surface area contributed by atoms with Crippen molar-refractivity contribution in [2.45, 2.75) is 76.3 Å². The van der Waals surface area contributed by atoms with Crippen LogP contribution in [0.5, 0.6) is 0 Å². The van der Waals surface area contributed by atoms with Crippen molar-refractivity contribution in [3.63, 3.8) is 0 Å². The standard InChI is InChI=1S/C24H32N4/c1-5-11-21-17(7-1)13-15-27(21)23-19-9-3-4-10-20(19)25-24(26-23)28-16-14-18-8-2-6-12-22(18)28/h3-4,9-10,17-18,21-22H,1-2,5-8,11-16H2. The highest BCUT2D eigenvalue weighted by atomic mass is 15.3. The Bertz CT molecular complexity index is 865. The summed E-state index contributed by atoms with van der Waals surface area (Å²) in [5, 5.41) is 1.25. The molecular weight excluding hydrogens is 344 g/mol. The predicted octanol–water partition coefficient (Wildman–Crippen LogP) is 5.17. The maximum absolute atomic E-state index is 5.29. The Morgan fingerprint density at radius 3 is 2.11 bits per heavy atom. The fourth-order valence-electron chi connectivity index (χ4n) is 6.72. The fourth-order valence-corrected chi connectivity index (χ4v) is 6.72. The van der Waals surface area contributed by atoms with Crippen LogP contribution in [0.1, 0.15) is 64.2 Å². The molecule has 0 spiro atoms. The SMILES string of the molecule is c1ccc2c(N3CCC4CCCCC43)nc(N3CCC4CCCCC43)nc2c1. The highest BCUT2D eigenvalue weighted by Crippen LogP contribution is 2.42. The van der Waals surface area contributed by atoms with Crippen molar-refractivity contribution < 1.29 is 0 Å². The van der Waals surface area contributed by atoms with Crippen LogP contribution in [0.2, 0.25) is 0 Å². The number of anilines is 2. The molecule has 2 aromatic rings. The van der Waals surface area contributed by atoms with E-state index in [0.717, 1.165) is 29.8 Å². The fraction of sp³-hybridized carbons (Fsp3) is 0.667. The van der Waals surface area contributed by atoms with Crippen molar-refractivity contribution in [1.82, 2.24) is 9.97 Å². The monoisotopic (exact) mass is 376 g/mol. The maximum atomic E-state index is 5.29. The van der Waals surface area contributed by atoms with Crippen LogP contribution >= 0.6 is 0 Å². The first-order valence-electron chi connectivity index (χ1n) is 11.7. The molecule has 4 fully saturated rings. The van der Waals surface area contributed by atoms with E-state index in [4.69, 9.17) is 9.97 Å². The summed E-state index contributed by atoms with van der Waals surface area (Å²) in [6, 6.07) is 10.1. The molecule has 0 N–H and O–H groups in total. The predicted molar refractivity (Wildman–Crippen MR) is 115 cm³/mol. The third-order valence-electron chi connectivity index (χ3n) is 8.12. The molecule has 0 radical (unpaired) electrons. The van der Waals surface area contributed by atoms with Gasteiger partial charge in [0.15, 0.2) is 0 Å². The Morgan fingerprint density at radius 1 is 0.679 bits per heavy atom. The molecule has 4 unspecified atom stereocenters. The Balaban J connectivity index is 1.42. The second-order valence-corrected chi connectivity index (χ2v) is 9.55. The molecule has 2 aliphatic carbocycles. The summed E-state index contributed by atoms with van der Waals surface area (Å²) in [5.74, 6) is 3.96. The van der Waals surface area contributed by atoms with E-state index < -0.39 is 0 Å². The molecular formula is C24H32N4. The Labute approximate surface area is 168 Å². The van der Waals surface area contributed by atoms with E-state index >= 15 is 0 Å². The van der Waals surface area contributed by atoms with Gasteiger partial charge in [-0.2, -0.15) is 4.98 Å². The van der Waals surface area contributed by atoms with Crippen molar-refractivity contribution in [3.05, 3.63) is 24.3 Å². The van der Waals surface area contributed by atoms with Gasteiger partial charge in [0, 0.05) is 30.6 Å². The Kier molecular flexibility index (Phi) is 4.20. The van der Waals surface area contributed by atoms with Gasteiger partial charge in [-0.1, -0.05) is 37.8 Å². The summed E-state index contributed by atoms with van der Waals surface area (Å²) < 4.78 is 0. The van der Waals surface area contributed by atoms with E-state index in [-0.39, 0.29) is 0 Å². The number of benzene rings is 1. The van der Waals surface area contributed by atoms with Crippen LogP contribution < -0.4 is 9.80 Å². The van der Waals surface area contributed by atoms with Crippen LogP contribution in [0.4, 0.5) is 11.8 Å². The molecule has 4 atom stereocenters. The number of nitrogens with zero attached hydrogens (tertiary/aromatic N) is 4. The lowest BCUT2D eigenvalue weighted by molar-refractivity contribution is 0.339. The molecule has 2 saturated carbocycles. The average molecular weight is 377 g/mol. The van der Waals surface area contributed by atoms with Gasteiger partial charge in [-0.15, -0.1) is 0 Å². The normalized spacial score (nSPS) is 32.6. The highest BCUT2D eigenvalue weighted by Gasteiger charge is 2.39. The van der Waals surface area contributed by atoms with E-state index in [2.05, 4.69) is 34.1 Å². The molecule has 4 nitrogen and oxygen atoms in total. The number of hydrogen-bond acceptors (Lipinski definition) is 4. The average Bonchev–Trinajstić information content (AvgIpc) is 3.37. The van der Waals surface area contributed by atoms with E-state index in [1.54, 1.807) is 0 Å². The first kappa shape index (κ1) is 17.1. The number of aromatic nitrogens is 2. The summed E-state index contributed by atoms with van der Waals surface area (Å²) in [7, 11) is 0. The summed E-state index contributed by atoms with van der Waals surface area (Å²) in [6.07, 6.45) is 13.7. The van der Waals surface area contributed by atoms with Gasteiger partial charge in [-0.25, -0.2) is 4.98 Å². The molecule has 2 aliphatic heterocycles. The van der Waals surface area contributed by atoms with Gasteiger partial charge in [0.1, 0.15) is 5.82 Å². The number of rotatable bonds is 2. The molecule has 148 valence electrons.